The van der Waals surface area contributed by atoms with Crippen molar-refractivity contribution in [3.05, 3.63) is 35.5 Å². The van der Waals surface area contributed by atoms with Crippen molar-refractivity contribution in [2.45, 2.75) is 32.8 Å². The molecule has 1 aromatic heterocycles. The summed E-state index contributed by atoms with van der Waals surface area (Å²) in [5.74, 6) is 2.74. The molecule has 0 saturated heterocycles. The van der Waals surface area contributed by atoms with Crippen LogP contribution in [0, 0.1) is 0 Å². The summed E-state index contributed by atoms with van der Waals surface area (Å²) in [4.78, 5) is 4.27. The van der Waals surface area contributed by atoms with E-state index in [0.717, 1.165) is 36.3 Å². The molecule has 21 heavy (non-hydrogen) atoms. The highest BCUT2D eigenvalue weighted by Crippen LogP contribution is 2.25. The Morgan fingerprint density at radius 1 is 1.29 bits per heavy atom. The second kappa shape index (κ2) is 7.64. The highest BCUT2D eigenvalue weighted by molar-refractivity contribution is 5.40. The third-order valence-electron chi connectivity index (χ3n) is 3.02. The lowest BCUT2D eigenvalue weighted by atomic mass is 10.1. The van der Waals surface area contributed by atoms with Crippen molar-refractivity contribution in [1.82, 2.24) is 10.1 Å². The minimum Gasteiger partial charge on any atom is -0.497 e. The quantitative estimate of drug-likeness (QED) is 0.802. The van der Waals surface area contributed by atoms with Gasteiger partial charge in [-0.1, -0.05) is 12.1 Å². The molecule has 0 atom stereocenters. The number of rotatable bonds is 8. The van der Waals surface area contributed by atoms with Gasteiger partial charge >= 0.3 is 0 Å². The Kier molecular flexibility index (Phi) is 5.57. The van der Waals surface area contributed by atoms with E-state index >= 15 is 0 Å². The summed E-state index contributed by atoms with van der Waals surface area (Å²) in [6.07, 6.45) is 2.51. The van der Waals surface area contributed by atoms with Crippen LogP contribution in [-0.2, 0) is 19.4 Å². The third kappa shape index (κ3) is 4.19. The molecule has 114 valence electrons. The first-order chi connectivity index (χ1) is 10.3. The highest BCUT2D eigenvalue weighted by atomic mass is 16.5. The molecule has 0 aliphatic rings. The van der Waals surface area contributed by atoms with Gasteiger partial charge in [-0.2, -0.15) is 4.98 Å². The van der Waals surface area contributed by atoms with Gasteiger partial charge in [-0.05, 0) is 43.1 Å². The summed E-state index contributed by atoms with van der Waals surface area (Å²) in [6.45, 7) is 2.87. The smallest absolute Gasteiger partial charge is 0.264 e. The fourth-order valence-electron chi connectivity index (χ4n) is 1.99. The zero-order valence-corrected chi connectivity index (χ0v) is 12.5. The Morgan fingerprint density at radius 2 is 2.14 bits per heavy atom. The number of methoxy groups -OCH3 is 1. The topological polar surface area (TPSA) is 83.4 Å². The lowest BCUT2D eigenvalue weighted by Crippen LogP contribution is -2.06. The molecule has 0 spiro atoms. The van der Waals surface area contributed by atoms with E-state index < -0.39 is 0 Å². The average Bonchev–Trinajstić information content (AvgIpc) is 2.94. The van der Waals surface area contributed by atoms with Crippen LogP contribution in [0.15, 0.2) is 22.7 Å². The zero-order valence-electron chi connectivity index (χ0n) is 12.5. The number of ether oxygens (including phenoxy) is 2. The van der Waals surface area contributed by atoms with Gasteiger partial charge in [0.1, 0.15) is 11.5 Å². The minimum absolute atomic E-state index is 0.251. The molecule has 0 unspecified atom stereocenters. The predicted octanol–water partition coefficient (Wildman–Crippen LogP) is 2.11. The highest BCUT2D eigenvalue weighted by Gasteiger charge is 2.09. The van der Waals surface area contributed by atoms with Gasteiger partial charge in [0.2, 0.25) is 0 Å². The predicted molar refractivity (Wildman–Crippen MR) is 78.4 cm³/mol. The number of nitrogens with two attached hydrogens (primary N) is 1. The monoisotopic (exact) mass is 291 g/mol. The Morgan fingerprint density at radius 3 is 2.86 bits per heavy atom. The van der Waals surface area contributed by atoms with E-state index in [1.54, 1.807) is 7.11 Å². The molecule has 1 aromatic carbocycles. The molecule has 0 aliphatic heterocycles. The Hall–Kier alpha value is -2.08. The molecule has 2 aromatic rings. The van der Waals surface area contributed by atoms with Gasteiger partial charge in [0.25, 0.3) is 5.89 Å². The van der Waals surface area contributed by atoms with Crippen molar-refractivity contribution in [2.75, 3.05) is 13.7 Å². The van der Waals surface area contributed by atoms with Gasteiger partial charge < -0.3 is 19.7 Å². The molecule has 0 bridgehead atoms. The lowest BCUT2D eigenvalue weighted by molar-refractivity contribution is 0.240. The molecule has 6 heteroatoms. The van der Waals surface area contributed by atoms with E-state index in [1.165, 1.54) is 0 Å². The van der Waals surface area contributed by atoms with Crippen LogP contribution in [0.5, 0.6) is 11.5 Å². The molecular weight excluding hydrogens is 270 g/mol. The zero-order chi connectivity index (χ0) is 15.1. The van der Waals surface area contributed by atoms with Gasteiger partial charge in [-0.3, -0.25) is 0 Å². The third-order valence-corrected chi connectivity index (χ3v) is 3.02. The Balaban J connectivity index is 2.04. The fraction of sp³-hybridized carbons (Fsp3) is 0.467. The Bertz CT molecular complexity index is 569. The maximum absolute atomic E-state index is 5.76. The van der Waals surface area contributed by atoms with E-state index in [-0.39, 0.29) is 6.61 Å². The molecule has 2 rings (SSSR count). The van der Waals surface area contributed by atoms with Crippen LogP contribution in [0.4, 0.5) is 0 Å². The summed E-state index contributed by atoms with van der Waals surface area (Å²) in [5.41, 5.74) is 6.63. The Labute approximate surface area is 124 Å². The largest absolute Gasteiger partial charge is 0.497 e. The molecule has 1 heterocycles. The van der Waals surface area contributed by atoms with Crippen LogP contribution in [0.2, 0.25) is 0 Å². The van der Waals surface area contributed by atoms with Crippen molar-refractivity contribution in [1.29, 1.82) is 0 Å². The van der Waals surface area contributed by atoms with Crippen LogP contribution in [-0.4, -0.2) is 23.8 Å². The number of benzene rings is 1. The van der Waals surface area contributed by atoms with Gasteiger partial charge in [-0.25, -0.2) is 0 Å². The molecule has 0 radical (unpaired) electrons. The fourth-order valence-corrected chi connectivity index (χ4v) is 1.99. The molecule has 2 N–H and O–H groups in total. The van der Waals surface area contributed by atoms with Crippen molar-refractivity contribution in [3.8, 4) is 11.5 Å². The number of aromatic nitrogens is 2. The van der Waals surface area contributed by atoms with E-state index in [2.05, 4.69) is 17.1 Å². The summed E-state index contributed by atoms with van der Waals surface area (Å²) < 4.78 is 16.1. The van der Waals surface area contributed by atoms with Crippen LogP contribution in [0.1, 0.15) is 30.6 Å². The second-order valence-corrected chi connectivity index (χ2v) is 4.66. The van der Waals surface area contributed by atoms with Crippen LogP contribution in [0.25, 0.3) is 0 Å². The normalized spacial score (nSPS) is 10.6. The number of hydrogen-bond donors (Lipinski definition) is 1. The van der Waals surface area contributed by atoms with Crippen LogP contribution < -0.4 is 15.2 Å². The summed E-state index contributed by atoms with van der Waals surface area (Å²) in [5, 5.41) is 3.90. The van der Waals surface area contributed by atoms with E-state index in [9.17, 15) is 0 Å². The van der Waals surface area contributed by atoms with Crippen molar-refractivity contribution in [2.24, 2.45) is 5.73 Å². The van der Waals surface area contributed by atoms with Crippen LogP contribution in [0.3, 0.4) is 0 Å². The first kappa shape index (κ1) is 15.3. The lowest BCUT2D eigenvalue weighted by Gasteiger charge is -2.11. The molecule has 0 saturated carbocycles. The van der Waals surface area contributed by atoms with Gasteiger partial charge in [0.05, 0.1) is 7.11 Å². The number of nitrogens with zero attached hydrogens (tertiary/aromatic N) is 2. The molecule has 0 aliphatic carbocycles. The number of hydrogen-bond acceptors (Lipinski definition) is 6. The molecular formula is C15H21N3O3. The van der Waals surface area contributed by atoms with Gasteiger partial charge in [0, 0.05) is 6.42 Å². The molecule has 0 amide bonds. The van der Waals surface area contributed by atoms with Crippen LogP contribution >= 0.6 is 0 Å². The first-order valence-electron chi connectivity index (χ1n) is 7.08. The van der Waals surface area contributed by atoms with E-state index in [1.807, 2.05) is 18.2 Å². The maximum atomic E-state index is 5.76. The average molecular weight is 291 g/mol. The summed E-state index contributed by atoms with van der Waals surface area (Å²) >= 11 is 0. The first-order valence-corrected chi connectivity index (χ1v) is 7.08. The van der Waals surface area contributed by atoms with Gasteiger partial charge in [0.15, 0.2) is 12.4 Å². The van der Waals surface area contributed by atoms with E-state index in [0.29, 0.717) is 18.3 Å². The molecule has 0 fully saturated rings. The molecule has 6 nitrogen and oxygen atoms in total. The summed E-state index contributed by atoms with van der Waals surface area (Å²) in [6, 6.07) is 5.65. The SMILES string of the molecule is CCCc1noc(COc2ccc(OC)cc2CCN)n1. The van der Waals surface area contributed by atoms with Crippen molar-refractivity contribution >= 4 is 0 Å². The van der Waals surface area contributed by atoms with E-state index in [4.69, 9.17) is 19.7 Å². The standard InChI is InChI=1S/C15H21N3O3/c1-3-4-14-17-15(21-18-14)10-20-13-6-5-12(19-2)9-11(13)7-8-16/h5-6,9H,3-4,7-8,10,16H2,1-2H3. The van der Waals surface area contributed by atoms with Crippen molar-refractivity contribution in [3.63, 3.8) is 0 Å². The minimum atomic E-state index is 0.251. The maximum Gasteiger partial charge on any atom is 0.264 e. The van der Waals surface area contributed by atoms with Gasteiger partial charge in [-0.15, -0.1) is 0 Å². The number of aryl methyl sites for hydroxylation is 1. The summed E-state index contributed by atoms with van der Waals surface area (Å²) in [7, 11) is 1.63. The second-order valence-electron chi connectivity index (χ2n) is 4.66. The van der Waals surface area contributed by atoms with Crippen molar-refractivity contribution < 1.29 is 14.0 Å².